The van der Waals surface area contributed by atoms with Crippen LogP contribution in [0.4, 0.5) is 16.2 Å². The third kappa shape index (κ3) is 4.70. The molecule has 178 valence electrons. The summed E-state index contributed by atoms with van der Waals surface area (Å²) in [6.45, 7) is 0.0368. The van der Waals surface area contributed by atoms with Crippen LogP contribution in [-0.4, -0.2) is 47.9 Å². The van der Waals surface area contributed by atoms with Crippen molar-refractivity contribution >= 4 is 46.9 Å². The third-order valence-electron chi connectivity index (χ3n) is 5.21. The van der Waals surface area contributed by atoms with E-state index >= 15 is 0 Å². The van der Waals surface area contributed by atoms with Crippen LogP contribution in [0.25, 0.3) is 17.4 Å². The number of non-ortho nitro benzene ring substituents is 1. The summed E-state index contributed by atoms with van der Waals surface area (Å²) in [5, 5.41) is 11.0. The molecule has 0 saturated carbocycles. The SMILES string of the molecule is COCCN1C(=O)/C(=C/c2ccc(-c3ccc([N+](=O)[O-])cc3Cl)o2)C(=O)N(c2ccccc2)C1=O. The third-order valence-corrected chi connectivity index (χ3v) is 5.52. The van der Waals surface area contributed by atoms with Crippen molar-refractivity contribution in [3.05, 3.63) is 87.1 Å². The Labute approximate surface area is 204 Å². The zero-order valence-electron chi connectivity index (χ0n) is 18.3. The second-order valence-corrected chi connectivity index (χ2v) is 7.80. The summed E-state index contributed by atoms with van der Waals surface area (Å²) < 4.78 is 10.8. The number of furan rings is 1. The van der Waals surface area contributed by atoms with Crippen LogP contribution in [0, 0.1) is 10.1 Å². The Bertz CT molecular complexity index is 1350. The van der Waals surface area contributed by atoms with E-state index in [1.165, 1.54) is 37.5 Å². The van der Waals surface area contributed by atoms with Crippen LogP contribution in [0.15, 0.2) is 70.7 Å². The Morgan fingerprint density at radius 2 is 1.80 bits per heavy atom. The first-order valence-electron chi connectivity index (χ1n) is 10.3. The van der Waals surface area contributed by atoms with Crippen molar-refractivity contribution in [3.63, 3.8) is 0 Å². The predicted molar refractivity (Wildman–Crippen MR) is 127 cm³/mol. The first-order chi connectivity index (χ1) is 16.8. The van der Waals surface area contributed by atoms with Crippen LogP contribution in [0.1, 0.15) is 5.76 Å². The molecule has 0 aliphatic carbocycles. The van der Waals surface area contributed by atoms with Crippen molar-refractivity contribution in [2.75, 3.05) is 25.2 Å². The maximum Gasteiger partial charge on any atom is 0.338 e. The van der Waals surface area contributed by atoms with Gasteiger partial charge in [-0.15, -0.1) is 0 Å². The zero-order valence-corrected chi connectivity index (χ0v) is 19.1. The largest absolute Gasteiger partial charge is 0.457 e. The topological polar surface area (TPSA) is 123 Å². The molecule has 1 fully saturated rings. The number of methoxy groups -OCH3 is 1. The van der Waals surface area contributed by atoms with E-state index in [9.17, 15) is 24.5 Å². The highest BCUT2D eigenvalue weighted by molar-refractivity contribution is 6.39. The zero-order chi connectivity index (χ0) is 25.1. The van der Waals surface area contributed by atoms with Crippen molar-refractivity contribution in [1.82, 2.24) is 4.90 Å². The molecule has 11 heteroatoms. The first kappa shape index (κ1) is 23.9. The van der Waals surface area contributed by atoms with Crippen molar-refractivity contribution in [2.45, 2.75) is 0 Å². The first-order valence-corrected chi connectivity index (χ1v) is 10.7. The number of hydrogen-bond acceptors (Lipinski definition) is 7. The lowest BCUT2D eigenvalue weighted by Gasteiger charge is -2.33. The van der Waals surface area contributed by atoms with Gasteiger partial charge in [-0.3, -0.25) is 24.6 Å². The van der Waals surface area contributed by atoms with Crippen LogP contribution in [0.5, 0.6) is 0 Å². The summed E-state index contributed by atoms with van der Waals surface area (Å²) in [5.41, 5.74) is 0.250. The molecule has 2 heterocycles. The fourth-order valence-electron chi connectivity index (χ4n) is 3.49. The smallest absolute Gasteiger partial charge is 0.338 e. The average Bonchev–Trinajstić information content (AvgIpc) is 3.30. The van der Waals surface area contributed by atoms with E-state index < -0.39 is 22.8 Å². The number of amides is 4. The van der Waals surface area contributed by atoms with Gasteiger partial charge in [0.05, 0.1) is 28.8 Å². The molecule has 3 aromatic rings. The van der Waals surface area contributed by atoms with Crippen molar-refractivity contribution < 1.29 is 28.5 Å². The number of nitro benzene ring substituents is 1. The second-order valence-electron chi connectivity index (χ2n) is 7.39. The van der Waals surface area contributed by atoms with Gasteiger partial charge in [0, 0.05) is 24.8 Å². The van der Waals surface area contributed by atoms with E-state index in [0.717, 1.165) is 9.80 Å². The molecule has 1 aliphatic heterocycles. The number of hydrogen-bond donors (Lipinski definition) is 0. The summed E-state index contributed by atoms with van der Waals surface area (Å²) >= 11 is 6.18. The van der Waals surface area contributed by atoms with E-state index in [1.54, 1.807) is 36.4 Å². The maximum atomic E-state index is 13.2. The maximum absolute atomic E-state index is 13.2. The highest BCUT2D eigenvalue weighted by atomic mass is 35.5. The van der Waals surface area contributed by atoms with Gasteiger partial charge in [0.2, 0.25) is 0 Å². The van der Waals surface area contributed by atoms with Crippen molar-refractivity contribution in [3.8, 4) is 11.3 Å². The molecule has 35 heavy (non-hydrogen) atoms. The molecule has 0 bridgehead atoms. The Morgan fingerprint density at radius 1 is 1.06 bits per heavy atom. The fraction of sp³-hybridized carbons (Fsp3) is 0.125. The van der Waals surface area contributed by atoms with Crippen LogP contribution >= 0.6 is 11.6 Å². The Balaban J connectivity index is 1.72. The molecule has 0 spiro atoms. The molecule has 1 aliphatic rings. The summed E-state index contributed by atoms with van der Waals surface area (Å²) in [4.78, 5) is 51.5. The number of nitrogens with zero attached hydrogens (tertiary/aromatic N) is 3. The van der Waals surface area contributed by atoms with Crippen LogP contribution in [0.3, 0.4) is 0 Å². The number of urea groups is 1. The van der Waals surface area contributed by atoms with Crippen LogP contribution in [-0.2, 0) is 14.3 Å². The predicted octanol–water partition coefficient (Wildman–Crippen LogP) is 4.53. The minimum Gasteiger partial charge on any atom is -0.457 e. The lowest BCUT2D eigenvalue weighted by atomic mass is 10.1. The molecule has 2 aromatic carbocycles. The molecule has 4 amide bonds. The van der Waals surface area contributed by atoms with E-state index in [2.05, 4.69) is 0 Å². The quantitative estimate of drug-likeness (QED) is 0.204. The number of barbiturate groups is 1. The minimum atomic E-state index is -0.800. The molecule has 1 aromatic heterocycles. The average molecular weight is 496 g/mol. The van der Waals surface area contributed by atoms with Gasteiger partial charge in [-0.25, -0.2) is 9.69 Å². The number of para-hydroxylation sites is 1. The van der Waals surface area contributed by atoms with Gasteiger partial charge in [0.1, 0.15) is 17.1 Å². The summed E-state index contributed by atoms with van der Waals surface area (Å²) in [7, 11) is 1.43. The van der Waals surface area contributed by atoms with Gasteiger partial charge < -0.3 is 9.15 Å². The number of carbonyl (C=O) groups excluding carboxylic acids is 3. The monoisotopic (exact) mass is 495 g/mol. The van der Waals surface area contributed by atoms with E-state index in [-0.39, 0.29) is 41.0 Å². The number of ether oxygens (including phenoxy) is 1. The summed E-state index contributed by atoms with van der Waals surface area (Å²) in [5.74, 6) is -1.15. The van der Waals surface area contributed by atoms with E-state index in [4.69, 9.17) is 20.8 Å². The van der Waals surface area contributed by atoms with Gasteiger partial charge in [0.25, 0.3) is 17.5 Å². The number of halogens is 1. The molecular formula is C24H18ClN3O7. The van der Waals surface area contributed by atoms with Crippen LogP contribution in [0.2, 0.25) is 5.02 Å². The molecular weight excluding hydrogens is 478 g/mol. The fourth-order valence-corrected chi connectivity index (χ4v) is 3.76. The van der Waals surface area contributed by atoms with Gasteiger partial charge in [-0.2, -0.15) is 0 Å². The molecule has 4 rings (SSSR count). The molecule has 0 atom stereocenters. The standard InChI is InChI=1S/C24H18ClN3O7/c1-34-12-11-26-22(29)19(23(30)27(24(26)31)15-5-3-2-4-6-15)14-17-8-10-21(35-17)18-9-7-16(28(32)33)13-20(18)25/h2-10,13-14H,11-12H2,1H3/b19-14-. The Morgan fingerprint density at radius 3 is 2.46 bits per heavy atom. The molecule has 1 saturated heterocycles. The van der Waals surface area contributed by atoms with Gasteiger partial charge in [0.15, 0.2) is 0 Å². The molecule has 0 unspecified atom stereocenters. The lowest BCUT2D eigenvalue weighted by Crippen LogP contribution is -2.57. The molecule has 0 N–H and O–H groups in total. The number of benzene rings is 2. The normalized spacial score (nSPS) is 15.3. The number of carbonyl (C=O) groups is 3. The van der Waals surface area contributed by atoms with Crippen molar-refractivity contribution in [2.24, 2.45) is 0 Å². The number of imide groups is 2. The van der Waals surface area contributed by atoms with E-state index in [1.807, 2.05) is 0 Å². The van der Waals surface area contributed by atoms with Crippen LogP contribution < -0.4 is 4.90 Å². The second kappa shape index (κ2) is 9.92. The van der Waals surface area contributed by atoms with E-state index in [0.29, 0.717) is 11.3 Å². The molecule has 0 radical (unpaired) electrons. The highest BCUT2D eigenvalue weighted by Gasteiger charge is 2.42. The Kier molecular flexibility index (Phi) is 6.76. The number of nitro groups is 1. The Hall–Kier alpha value is -4.28. The summed E-state index contributed by atoms with van der Waals surface area (Å²) in [6, 6.07) is 14.5. The van der Waals surface area contributed by atoms with Gasteiger partial charge in [-0.05, 0) is 36.4 Å². The molecule has 10 nitrogen and oxygen atoms in total. The number of rotatable bonds is 7. The summed E-state index contributed by atoms with van der Waals surface area (Å²) in [6.07, 6.45) is 1.25. The number of anilines is 1. The highest BCUT2D eigenvalue weighted by Crippen LogP contribution is 2.33. The van der Waals surface area contributed by atoms with Gasteiger partial charge >= 0.3 is 6.03 Å². The minimum absolute atomic E-state index is 0.0517. The van der Waals surface area contributed by atoms with Crippen molar-refractivity contribution in [1.29, 1.82) is 0 Å². The lowest BCUT2D eigenvalue weighted by molar-refractivity contribution is -0.384. The van der Waals surface area contributed by atoms with Gasteiger partial charge in [-0.1, -0.05) is 29.8 Å².